The molecule has 0 aliphatic rings. The molecular formula is C34H54O. The highest BCUT2D eigenvalue weighted by Crippen LogP contribution is 2.30. The van der Waals surface area contributed by atoms with Crippen LogP contribution in [-0.2, 0) is 12.8 Å². The predicted octanol–water partition coefficient (Wildman–Crippen LogP) is 11.6. The molecule has 0 aliphatic carbocycles. The van der Waals surface area contributed by atoms with Gasteiger partial charge in [-0.3, -0.25) is 0 Å². The molecule has 1 heteroatoms. The van der Waals surface area contributed by atoms with Crippen LogP contribution in [0.4, 0.5) is 0 Å². The standard InChI is InChI=1S/C34H54O/c1-3-5-7-9-11-13-15-17-20-25-31-26-24-30-34(35-32-27-21-19-22-28-32)33(31)29-23-18-16-14-12-10-8-6-4-2/h19,21-22,24,26-28,30H,3-18,20,23,25,29H2,1-2H3. The fourth-order valence-corrected chi connectivity index (χ4v) is 5.08. The molecule has 0 unspecified atom stereocenters. The van der Waals surface area contributed by atoms with Crippen LogP contribution >= 0.6 is 0 Å². The minimum Gasteiger partial charge on any atom is -0.457 e. The van der Waals surface area contributed by atoms with Gasteiger partial charge in [0.25, 0.3) is 0 Å². The molecule has 2 aromatic carbocycles. The second-order valence-electron chi connectivity index (χ2n) is 10.5. The van der Waals surface area contributed by atoms with Gasteiger partial charge in [-0.25, -0.2) is 0 Å². The fourth-order valence-electron chi connectivity index (χ4n) is 5.08. The van der Waals surface area contributed by atoms with Crippen LogP contribution in [0.15, 0.2) is 48.5 Å². The second kappa shape index (κ2) is 20.4. The van der Waals surface area contributed by atoms with Crippen LogP contribution in [0.5, 0.6) is 11.5 Å². The molecule has 0 N–H and O–H groups in total. The summed E-state index contributed by atoms with van der Waals surface area (Å²) in [5.74, 6) is 2.02. The van der Waals surface area contributed by atoms with E-state index in [0.717, 1.165) is 17.9 Å². The molecule has 2 rings (SSSR count). The van der Waals surface area contributed by atoms with Crippen molar-refractivity contribution in [2.45, 2.75) is 142 Å². The third kappa shape index (κ3) is 13.8. The topological polar surface area (TPSA) is 9.23 Å². The fraction of sp³-hybridized carbons (Fsp3) is 0.647. The van der Waals surface area contributed by atoms with Crippen LogP contribution in [0.3, 0.4) is 0 Å². The van der Waals surface area contributed by atoms with E-state index in [4.69, 9.17) is 4.74 Å². The van der Waals surface area contributed by atoms with Gasteiger partial charge in [-0.05, 0) is 55.0 Å². The molecule has 0 bridgehead atoms. The highest BCUT2D eigenvalue weighted by Gasteiger charge is 2.11. The number of benzene rings is 2. The van der Waals surface area contributed by atoms with E-state index in [1.165, 1.54) is 133 Å². The molecule has 0 amide bonds. The van der Waals surface area contributed by atoms with E-state index < -0.39 is 0 Å². The van der Waals surface area contributed by atoms with Gasteiger partial charge in [0.05, 0.1) is 0 Å². The van der Waals surface area contributed by atoms with Gasteiger partial charge in [-0.1, -0.05) is 147 Å². The minimum absolute atomic E-state index is 0.945. The molecule has 0 radical (unpaired) electrons. The van der Waals surface area contributed by atoms with Gasteiger partial charge in [-0.15, -0.1) is 0 Å². The van der Waals surface area contributed by atoms with Crippen molar-refractivity contribution in [3.63, 3.8) is 0 Å². The molecule has 0 aliphatic heterocycles. The molecule has 196 valence electrons. The Morgan fingerprint density at radius 1 is 0.457 bits per heavy atom. The van der Waals surface area contributed by atoms with E-state index in [2.05, 4.69) is 62.4 Å². The SMILES string of the molecule is CCCCCCCCCCCc1cccc(Oc2ccccc2)c1CCCCCCCCCCC. The summed E-state index contributed by atoms with van der Waals surface area (Å²) in [4.78, 5) is 0. The van der Waals surface area contributed by atoms with Crippen LogP contribution in [0.25, 0.3) is 0 Å². The first kappa shape index (κ1) is 29.5. The summed E-state index contributed by atoms with van der Waals surface area (Å²) in [7, 11) is 0. The van der Waals surface area contributed by atoms with Crippen molar-refractivity contribution in [1.82, 2.24) is 0 Å². The van der Waals surface area contributed by atoms with Crippen molar-refractivity contribution < 1.29 is 4.74 Å². The highest BCUT2D eigenvalue weighted by molar-refractivity contribution is 5.43. The van der Waals surface area contributed by atoms with Gasteiger partial charge in [-0.2, -0.15) is 0 Å². The van der Waals surface area contributed by atoms with Crippen molar-refractivity contribution in [2.75, 3.05) is 0 Å². The normalized spacial score (nSPS) is 11.1. The monoisotopic (exact) mass is 478 g/mol. The predicted molar refractivity (Wildman–Crippen MR) is 155 cm³/mol. The lowest BCUT2D eigenvalue weighted by atomic mass is 9.95. The molecule has 0 atom stereocenters. The molecular weight excluding hydrogens is 424 g/mol. The Morgan fingerprint density at radius 3 is 1.49 bits per heavy atom. The molecule has 0 fully saturated rings. The highest BCUT2D eigenvalue weighted by atomic mass is 16.5. The largest absolute Gasteiger partial charge is 0.457 e. The summed E-state index contributed by atoms with van der Waals surface area (Å²) < 4.78 is 6.37. The van der Waals surface area contributed by atoms with Gasteiger partial charge in [0.15, 0.2) is 0 Å². The zero-order valence-corrected chi connectivity index (χ0v) is 23.2. The van der Waals surface area contributed by atoms with Crippen LogP contribution in [0, 0.1) is 0 Å². The average Bonchev–Trinajstić information content (AvgIpc) is 2.88. The van der Waals surface area contributed by atoms with E-state index in [1.54, 1.807) is 0 Å². The van der Waals surface area contributed by atoms with Gasteiger partial charge < -0.3 is 4.74 Å². The zero-order valence-electron chi connectivity index (χ0n) is 23.2. The number of aryl methyl sites for hydroxylation is 1. The maximum absolute atomic E-state index is 6.37. The van der Waals surface area contributed by atoms with Crippen LogP contribution in [-0.4, -0.2) is 0 Å². The number of ether oxygens (including phenoxy) is 1. The summed E-state index contributed by atoms with van der Waals surface area (Å²) in [6.45, 7) is 4.59. The summed E-state index contributed by atoms with van der Waals surface area (Å²) in [5, 5.41) is 0. The first-order valence-electron chi connectivity index (χ1n) is 15.2. The van der Waals surface area contributed by atoms with E-state index >= 15 is 0 Å². The lowest BCUT2D eigenvalue weighted by Gasteiger charge is -2.16. The first-order chi connectivity index (χ1) is 17.3. The molecule has 2 aromatic rings. The van der Waals surface area contributed by atoms with Gasteiger partial charge >= 0.3 is 0 Å². The summed E-state index contributed by atoms with van der Waals surface area (Å²) in [6.07, 6.45) is 27.2. The third-order valence-corrected chi connectivity index (χ3v) is 7.28. The molecule has 0 aromatic heterocycles. The number of hydrogen-bond donors (Lipinski definition) is 0. The Hall–Kier alpha value is -1.76. The lowest BCUT2D eigenvalue weighted by Crippen LogP contribution is -1.99. The molecule has 0 saturated heterocycles. The van der Waals surface area contributed by atoms with Crippen molar-refractivity contribution in [2.24, 2.45) is 0 Å². The Labute approximate surface area is 218 Å². The van der Waals surface area contributed by atoms with Gasteiger partial charge in [0.2, 0.25) is 0 Å². The Morgan fingerprint density at radius 2 is 0.943 bits per heavy atom. The van der Waals surface area contributed by atoms with Crippen molar-refractivity contribution in [3.8, 4) is 11.5 Å². The van der Waals surface area contributed by atoms with E-state index in [0.29, 0.717) is 0 Å². The number of para-hydroxylation sites is 1. The molecule has 1 nitrogen and oxygen atoms in total. The van der Waals surface area contributed by atoms with Crippen LogP contribution in [0.2, 0.25) is 0 Å². The van der Waals surface area contributed by atoms with Crippen molar-refractivity contribution in [1.29, 1.82) is 0 Å². The van der Waals surface area contributed by atoms with Gasteiger partial charge in [0, 0.05) is 0 Å². The molecule has 0 heterocycles. The maximum Gasteiger partial charge on any atom is 0.130 e. The van der Waals surface area contributed by atoms with Crippen molar-refractivity contribution in [3.05, 3.63) is 59.7 Å². The Kier molecular flexibility index (Phi) is 17.2. The quantitative estimate of drug-likeness (QED) is 0.153. The Balaban J connectivity index is 1.82. The summed E-state index contributed by atoms with van der Waals surface area (Å²) >= 11 is 0. The Bertz CT molecular complexity index is 736. The lowest BCUT2D eigenvalue weighted by molar-refractivity contribution is 0.472. The summed E-state index contributed by atoms with van der Waals surface area (Å²) in [5.41, 5.74) is 2.97. The minimum atomic E-state index is 0.945. The smallest absolute Gasteiger partial charge is 0.130 e. The second-order valence-corrected chi connectivity index (χ2v) is 10.5. The number of unbranched alkanes of at least 4 members (excludes halogenated alkanes) is 16. The van der Waals surface area contributed by atoms with E-state index in [1.807, 2.05) is 0 Å². The zero-order chi connectivity index (χ0) is 24.8. The third-order valence-electron chi connectivity index (χ3n) is 7.28. The van der Waals surface area contributed by atoms with Crippen LogP contribution in [0.1, 0.15) is 141 Å². The van der Waals surface area contributed by atoms with Crippen molar-refractivity contribution >= 4 is 0 Å². The van der Waals surface area contributed by atoms with Crippen LogP contribution < -0.4 is 4.74 Å². The summed E-state index contributed by atoms with van der Waals surface area (Å²) in [6, 6.07) is 17.0. The van der Waals surface area contributed by atoms with E-state index in [-0.39, 0.29) is 0 Å². The van der Waals surface area contributed by atoms with E-state index in [9.17, 15) is 0 Å². The number of hydrogen-bond acceptors (Lipinski definition) is 1. The van der Waals surface area contributed by atoms with Gasteiger partial charge in [0.1, 0.15) is 11.5 Å². The molecule has 35 heavy (non-hydrogen) atoms. The average molecular weight is 479 g/mol. The molecule has 0 saturated carbocycles. The molecule has 0 spiro atoms. The first-order valence-corrected chi connectivity index (χ1v) is 15.2. The number of rotatable bonds is 22. The maximum atomic E-state index is 6.37.